The lowest BCUT2D eigenvalue weighted by atomic mass is 10.0. The van der Waals surface area contributed by atoms with Crippen molar-refractivity contribution in [1.82, 2.24) is 0 Å². The van der Waals surface area contributed by atoms with Crippen LogP contribution in [-0.4, -0.2) is 16.6 Å². The molecule has 0 unspecified atom stereocenters. The maximum absolute atomic E-state index is 10.4. The standard InChI is InChI=1S/C6H10N2OS/c1-6(2,8-4-10)3-5(7)9/h3H2,1-2H3,(H2,7,9). The van der Waals surface area contributed by atoms with Crippen molar-refractivity contribution in [1.29, 1.82) is 0 Å². The zero-order valence-electron chi connectivity index (χ0n) is 6.05. The number of hydrogen-bond donors (Lipinski definition) is 1. The number of nitrogens with two attached hydrogens (primary N) is 1. The lowest BCUT2D eigenvalue weighted by molar-refractivity contribution is -0.118. The molecule has 0 aliphatic rings. The second-order valence-electron chi connectivity index (χ2n) is 2.66. The van der Waals surface area contributed by atoms with Crippen LogP contribution in [0.25, 0.3) is 0 Å². The normalized spacial score (nSPS) is 10.2. The lowest BCUT2D eigenvalue weighted by Gasteiger charge is -2.13. The fourth-order valence-electron chi connectivity index (χ4n) is 0.589. The second kappa shape index (κ2) is 3.44. The number of thiocarbonyl (C=S) groups is 1. The van der Waals surface area contributed by atoms with Crippen molar-refractivity contribution in [2.45, 2.75) is 25.8 Å². The van der Waals surface area contributed by atoms with E-state index in [0.29, 0.717) is 0 Å². The zero-order chi connectivity index (χ0) is 8.20. The number of hydrogen-bond acceptors (Lipinski definition) is 3. The molecule has 0 aromatic heterocycles. The summed E-state index contributed by atoms with van der Waals surface area (Å²) in [4.78, 5) is 14.2. The van der Waals surface area contributed by atoms with Crippen LogP contribution in [0.3, 0.4) is 0 Å². The molecular formula is C6H10N2OS. The fraction of sp³-hybridized carbons (Fsp3) is 0.667. The van der Waals surface area contributed by atoms with Gasteiger partial charge in [0.25, 0.3) is 0 Å². The first-order valence-corrected chi connectivity index (χ1v) is 3.26. The van der Waals surface area contributed by atoms with Gasteiger partial charge >= 0.3 is 0 Å². The Kier molecular flexibility index (Phi) is 3.19. The van der Waals surface area contributed by atoms with Gasteiger partial charge in [-0.05, 0) is 26.1 Å². The molecule has 0 radical (unpaired) electrons. The SMILES string of the molecule is CC(C)(CC(N)=O)N=C=S. The highest BCUT2D eigenvalue weighted by Gasteiger charge is 2.18. The van der Waals surface area contributed by atoms with E-state index in [1.54, 1.807) is 13.8 Å². The molecule has 10 heavy (non-hydrogen) atoms. The van der Waals surface area contributed by atoms with E-state index >= 15 is 0 Å². The predicted molar refractivity (Wildman–Crippen MR) is 42.9 cm³/mol. The molecule has 2 N–H and O–H groups in total. The van der Waals surface area contributed by atoms with E-state index in [2.05, 4.69) is 22.4 Å². The quantitative estimate of drug-likeness (QED) is 0.486. The Bertz CT molecular complexity index is 182. The molecule has 0 heterocycles. The number of primary amides is 1. The second-order valence-corrected chi connectivity index (χ2v) is 2.84. The van der Waals surface area contributed by atoms with Crippen LogP contribution in [0.5, 0.6) is 0 Å². The van der Waals surface area contributed by atoms with Crippen LogP contribution >= 0.6 is 12.2 Å². The summed E-state index contributed by atoms with van der Waals surface area (Å²) in [5.41, 5.74) is 4.46. The predicted octanol–water partition coefficient (Wildman–Crippen LogP) is 0.743. The van der Waals surface area contributed by atoms with Gasteiger partial charge in [-0.1, -0.05) is 0 Å². The van der Waals surface area contributed by atoms with Gasteiger partial charge in [-0.25, -0.2) is 4.99 Å². The summed E-state index contributed by atoms with van der Waals surface area (Å²) >= 11 is 4.38. The van der Waals surface area contributed by atoms with E-state index < -0.39 is 5.54 Å². The zero-order valence-corrected chi connectivity index (χ0v) is 6.86. The minimum atomic E-state index is -0.492. The van der Waals surface area contributed by atoms with Crippen molar-refractivity contribution in [3.8, 4) is 0 Å². The van der Waals surface area contributed by atoms with Crippen LogP contribution in [0.15, 0.2) is 4.99 Å². The van der Waals surface area contributed by atoms with Crippen LogP contribution in [-0.2, 0) is 4.79 Å². The average Bonchev–Trinajstić information content (AvgIpc) is 1.59. The van der Waals surface area contributed by atoms with Gasteiger partial charge in [0.15, 0.2) is 0 Å². The molecule has 0 saturated heterocycles. The molecular weight excluding hydrogens is 148 g/mol. The Labute approximate surface area is 65.3 Å². The lowest BCUT2D eigenvalue weighted by Crippen LogP contribution is -2.25. The first kappa shape index (κ1) is 9.27. The number of carbonyl (C=O) groups is 1. The molecule has 0 aliphatic carbocycles. The Hall–Kier alpha value is -0.730. The highest BCUT2D eigenvalue weighted by atomic mass is 32.1. The van der Waals surface area contributed by atoms with Gasteiger partial charge in [0.05, 0.1) is 17.1 Å². The van der Waals surface area contributed by atoms with Crippen LogP contribution in [0, 0.1) is 0 Å². The van der Waals surface area contributed by atoms with E-state index in [1.165, 1.54) is 0 Å². The molecule has 0 spiro atoms. The number of amides is 1. The highest BCUT2D eigenvalue weighted by Crippen LogP contribution is 2.11. The fourth-order valence-corrected chi connectivity index (χ4v) is 0.837. The van der Waals surface area contributed by atoms with Gasteiger partial charge in [0, 0.05) is 0 Å². The molecule has 0 aromatic carbocycles. The summed E-state index contributed by atoms with van der Waals surface area (Å²) in [6.45, 7) is 3.55. The van der Waals surface area contributed by atoms with Crippen LogP contribution in [0.1, 0.15) is 20.3 Å². The third-order valence-corrected chi connectivity index (χ3v) is 1.05. The van der Waals surface area contributed by atoms with Crippen LogP contribution in [0.4, 0.5) is 0 Å². The molecule has 0 rings (SSSR count). The highest BCUT2D eigenvalue weighted by molar-refractivity contribution is 7.78. The van der Waals surface area contributed by atoms with Crippen molar-refractivity contribution in [2.24, 2.45) is 10.7 Å². The van der Waals surface area contributed by atoms with Crippen molar-refractivity contribution in [3.05, 3.63) is 0 Å². The van der Waals surface area contributed by atoms with Crippen molar-refractivity contribution < 1.29 is 4.79 Å². The average molecular weight is 158 g/mol. The minimum absolute atomic E-state index is 0.205. The summed E-state index contributed by atoms with van der Waals surface area (Å²) in [6.07, 6.45) is 0.205. The van der Waals surface area contributed by atoms with E-state index in [1.807, 2.05) is 0 Å². The molecule has 1 amide bonds. The minimum Gasteiger partial charge on any atom is -0.370 e. The van der Waals surface area contributed by atoms with Gasteiger partial charge in [0.2, 0.25) is 5.91 Å². The van der Waals surface area contributed by atoms with Crippen molar-refractivity contribution >= 4 is 23.3 Å². The topological polar surface area (TPSA) is 55.5 Å². The molecule has 4 heteroatoms. The Balaban J connectivity index is 4.12. The smallest absolute Gasteiger partial charge is 0.219 e. The Morgan fingerprint density at radius 2 is 2.30 bits per heavy atom. The Morgan fingerprint density at radius 1 is 1.80 bits per heavy atom. The molecule has 0 aromatic rings. The van der Waals surface area contributed by atoms with E-state index in [9.17, 15) is 4.79 Å². The largest absolute Gasteiger partial charge is 0.370 e. The summed E-state index contributed by atoms with van der Waals surface area (Å²) in [5.74, 6) is -0.376. The molecule has 0 saturated carbocycles. The number of isothiocyanates is 1. The number of nitrogens with zero attached hydrogens (tertiary/aromatic N) is 1. The molecule has 0 bridgehead atoms. The first-order valence-electron chi connectivity index (χ1n) is 2.85. The third-order valence-electron chi connectivity index (χ3n) is 0.955. The van der Waals surface area contributed by atoms with Crippen molar-refractivity contribution in [2.75, 3.05) is 0 Å². The summed E-state index contributed by atoms with van der Waals surface area (Å²) in [5, 5.41) is 2.21. The van der Waals surface area contributed by atoms with Crippen LogP contribution < -0.4 is 5.73 Å². The maximum atomic E-state index is 10.4. The van der Waals surface area contributed by atoms with Gasteiger partial charge in [0.1, 0.15) is 0 Å². The number of rotatable bonds is 3. The summed E-state index contributed by atoms with van der Waals surface area (Å²) in [6, 6.07) is 0. The van der Waals surface area contributed by atoms with Gasteiger partial charge in [-0.2, -0.15) is 0 Å². The molecule has 0 fully saturated rings. The summed E-state index contributed by atoms with van der Waals surface area (Å²) < 4.78 is 0. The number of carbonyl (C=O) groups excluding carboxylic acids is 1. The van der Waals surface area contributed by atoms with E-state index in [4.69, 9.17) is 5.73 Å². The van der Waals surface area contributed by atoms with E-state index in [-0.39, 0.29) is 12.3 Å². The third kappa shape index (κ3) is 4.18. The molecule has 56 valence electrons. The molecule has 3 nitrogen and oxygen atoms in total. The molecule has 0 aliphatic heterocycles. The van der Waals surface area contributed by atoms with Gasteiger partial charge < -0.3 is 5.73 Å². The maximum Gasteiger partial charge on any atom is 0.219 e. The van der Waals surface area contributed by atoms with Crippen molar-refractivity contribution in [3.63, 3.8) is 0 Å². The van der Waals surface area contributed by atoms with Gasteiger partial charge in [-0.15, -0.1) is 0 Å². The monoisotopic (exact) mass is 158 g/mol. The van der Waals surface area contributed by atoms with Crippen LogP contribution in [0.2, 0.25) is 0 Å². The molecule has 0 atom stereocenters. The summed E-state index contributed by atoms with van der Waals surface area (Å²) in [7, 11) is 0. The van der Waals surface area contributed by atoms with E-state index in [0.717, 1.165) is 0 Å². The first-order chi connectivity index (χ1) is 4.48. The Morgan fingerprint density at radius 3 is 2.60 bits per heavy atom. The number of aliphatic imine (C=N–C) groups is 1. The van der Waals surface area contributed by atoms with Gasteiger partial charge in [-0.3, -0.25) is 4.79 Å².